The van der Waals surface area contributed by atoms with Gasteiger partial charge in [-0.2, -0.15) is 0 Å². The van der Waals surface area contributed by atoms with Crippen molar-refractivity contribution >= 4 is 10.9 Å². The highest BCUT2D eigenvalue weighted by Crippen LogP contribution is 2.26. The van der Waals surface area contributed by atoms with E-state index >= 15 is 0 Å². The fourth-order valence-corrected chi connectivity index (χ4v) is 3.38. The van der Waals surface area contributed by atoms with Crippen molar-refractivity contribution in [3.05, 3.63) is 36.0 Å². The number of nitrogens with one attached hydrogen (secondary N) is 2. The zero-order valence-corrected chi connectivity index (χ0v) is 11.8. The molecule has 2 N–H and O–H groups in total. The maximum absolute atomic E-state index is 3.74. The molecule has 0 aliphatic heterocycles. The van der Waals surface area contributed by atoms with E-state index in [9.17, 15) is 0 Å². The Hall–Kier alpha value is -1.28. The van der Waals surface area contributed by atoms with Gasteiger partial charge in [0.15, 0.2) is 0 Å². The van der Waals surface area contributed by atoms with Crippen LogP contribution in [0.2, 0.25) is 0 Å². The summed E-state index contributed by atoms with van der Waals surface area (Å²) in [6, 6.07) is 9.33. The highest BCUT2D eigenvalue weighted by atomic mass is 14.9. The minimum absolute atomic E-state index is 0.634. The third-order valence-corrected chi connectivity index (χ3v) is 4.66. The number of rotatable bonds is 4. The fourth-order valence-electron chi connectivity index (χ4n) is 3.38. The summed E-state index contributed by atoms with van der Waals surface area (Å²) in [4.78, 5) is 3.28. The second-order valence-corrected chi connectivity index (χ2v) is 5.92. The van der Waals surface area contributed by atoms with Gasteiger partial charge in [0, 0.05) is 29.7 Å². The van der Waals surface area contributed by atoms with Crippen molar-refractivity contribution in [3.63, 3.8) is 0 Å². The summed E-state index contributed by atoms with van der Waals surface area (Å²) in [5.41, 5.74) is 2.64. The van der Waals surface area contributed by atoms with Crippen LogP contribution in [-0.4, -0.2) is 11.0 Å². The molecule has 0 radical (unpaired) electrons. The van der Waals surface area contributed by atoms with E-state index in [1.165, 1.54) is 48.6 Å². The molecule has 0 unspecified atom stereocenters. The summed E-state index contributed by atoms with van der Waals surface area (Å²) in [6.45, 7) is 3.33. The minimum Gasteiger partial charge on any atom is -0.361 e. The predicted octanol–water partition coefficient (Wildman–Crippen LogP) is 4.23. The van der Waals surface area contributed by atoms with Gasteiger partial charge in [-0.25, -0.2) is 0 Å². The second-order valence-electron chi connectivity index (χ2n) is 5.92. The first-order valence-electron chi connectivity index (χ1n) is 7.63. The molecule has 2 aromatic rings. The van der Waals surface area contributed by atoms with E-state index < -0.39 is 0 Å². The number of aromatic nitrogens is 1. The molecule has 1 saturated carbocycles. The first-order valence-corrected chi connectivity index (χ1v) is 7.63. The molecular formula is C17H24N2. The number of H-pyrrole nitrogens is 1. The third-order valence-electron chi connectivity index (χ3n) is 4.66. The molecule has 1 aliphatic rings. The van der Waals surface area contributed by atoms with Crippen molar-refractivity contribution in [2.45, 2.75) is 51.6 Å². The molecular weight excluding hydrogens is 232 g/mol. The topological polar surface area (TPSA) is 27.8 Å². The van der Waals surface area contributed by atoms with Gasteiger partial charge in [-0.1, -0.05) is 31.4 Å². The normalized spacial score (nSPS) is 18.8. The smallest absolute Gasteiger partial charge is 0.0457 e. The lowest BCUT2D eigenvalue weighted by atomic mass is 9.84. The molecule has 0 saturated heterocycles. The van der Waals surface area contributed by atoms with Crippen molar-refractivity contribution < 1.29 is 0 Å². The van der Waals surface area contributed by atoms with E-state index in [1.807, 2.05) is 6.20 Å². The summed E-state index contributed by atoms with van der Waals surface area (Å²) in [5.74, 6) is 0.874. The maximum atomic E-state index is 3.74. The molecule has 1 aromatic heterocycles. The van der Waals surface area contributed by atoms with Crippen LogP contribution in [0.3, 0.4) is 0 Å². The molecule has 1 fully saturated rings. The maximum Gasteiger partial charge on any atom is 0.0457 e. The Morgan fingerprint density at radius 2 is 2.05 bits per heavy atom. The molecule has 1 aromatic carbocycles. The summed E-state index contributed by atoms with van der Waals surface area (Å²) in [5, 5.41) is 5.09. The summed E-state index contributed by atoms with van der Waals surface area (Å²) in [7, 11) is 0. The van der Waals surface area contributed by atoms with Gasteiger partial charge in [0.2, 0.25) is 0 Å². The van der Waals surface area contributed by atoms with Crippen LogP contribution in [0.5, 0.6) is 0 Å². The van der Waals surface area contributed by atoms with Crippen LogP contribution in [0.1, 0.15) is 44.6 Å². The van der Waals surface area contributed by atoms with Crippen LogP contribution in [0.25, 0.3) is 10.9 Å². The van der Waals surface area contributed by atoms with E-state index in [4.69, 9.17) is 0 Å². The molecule has 1 heterocycles. The molecule has 0 spiro atoms. The molecule has 1 aliphatic carbocycles. The van der Waals surface area contributed by atoms with Gasteiger partial charge in [-0.15, -0.1) is 0 Å². The Morgan fingerprint density at radius 3 is 2.89 bits per heavy atom. The molecule has 19 heavy (non-hydrogen) atoms. The number of fused-ring (bicyclic) bond motifs is 1. The minimum atomic E-state index is 0.634. The Bertz CT molecular complexity index is 523. The second kappa shape index (κ2) is 5.79. The largest absolute Gasteiger partial charge is 0.361 e. The highest BCUT2D eigenvalue weighted by Gasteiger charge is 2.19. The molecule has 102 valence electrons. The SMILES string of the molecule is C[C@@H](NCc1cccc2[nH]ccc12)C1CCCCC1. The number of aromatic amines is 1. The lowest BCUT2D eigenvalue weighted by Crippen LogP contribution is -2.34. The van der Waals surface area contributed by atoms with Crippen molar-refractivity contribution in [2.24, 2.45) is 5.92 Å². The molecule has 1 atom stereocenters. The van der Waals surface area contributed by atoms with Gasteiger partial charge < -0.3 is 10.3 Å². The van der Waals surface area contributed by atoms with Crippen molar-refractivity contribution in [1.29, 1.82) is 0 Å². The molecule has 2 heteroatoms. The summed E-state index contributed by atoms with van der Waals surface area (Å²) < 4.78 is 0. The first-order chi connectivity index (χ1) is 9.34. The van der Waals surface area contributed by atoms with Crippen LogP contribution >= 0.6 is 0 Å². The van der Waals surface area contributed by atoms with Gasteiger partial charge in [0.05, 0.1) is 0 Å². The zero-order valence-electron chi connectivity index (χ0n) is 11.8. The highest BCUT2D eigenvalue weighted by molar-refractivity contribution is 5.82. The molecule has 3 rings (SSSR count). The Labute approximate surface area is 115 Å². The molecule has 0 bridgehead atoms. The third kappa shape index (κ3) is 2.84. The van der Waals surface area contributed by atoms with Gasteiger partial charge in [-0.3, -0.25) is 0 Å². The Morgan fingerprint density at radius 1 is 1.21 bits per heavy atom. The van der Waals surface area contributed by atoms with Gasteiger partial charge in [0.1, 0.15) is 0 Å². The summed E-state index contributed by atoms with van der Waals surface area (Å²) in [6.07, 6.45) is 9.11. The number of benzene rings is 1. The Balaban J connectivity index is 1.63. The van der Waals surface area contributed by atoms with E-state index in [1.54, 1.807) is 0 Å². The molecule has 2 nitrogen and oxygen atoms in total. The average molecular weight is 256 g/mol. The lowest BCUT2D eigenvalue weighted by Gasteiger charge is -2.28. The van der Waals surface area contributed by atoms with Gasteiger partial charge in [-0.05, 0) is 43.4 Å². The van der Waals surface area contributed by atoms with Crippen molar-refractivity contribution in [3.8, 4) is 0 Å². The van der Waals surface area contributed by atoms with Crippen LogP contribution in [-0.2, 0) is 6.54 Å². The first kappa shape index (κ1) is 12.7. The van der Waals surface area contributed by atoms with E-state index in [0.29, 0.717) is 6.04 Å². The van der Waals surface area contributed by atoms with Crippen LogP contribution in [0.4, 0.5) is 0 Å². The number of hydrogen-bond acceptors (Lipinski definition) is 1. The molecule has 0 amide bonds. The van der Waals surface area contributed by atoms with Crippen LogP contribution in [0.15, 0.2) is 30.5 Å². The van der Waals surface area contributed by atoms with Crippen LogP contribution in [0, 0.1) is 5.92 Å². The van der Waals surface area contributed by atoms with Gasteiger partial charge >= 0.3 is 0 Å². The lowest BCUT2D eigenvalue weighted by molar-refractivity contribution is 0.281. The quantitative estimate of drug-likeness (QED) is 0.842. The fraction of sp³-hybridized carbons (Fsp3) is 0.529. The van der Waals surface area contributed by atoms with Gasteiger partial charge in [0.25, 0.3) is 0 Å². The number of hydrogen-bond donors (Lipinski definition) is 2. The van der Waals surface area contributed by atoms with E-state index in [-0.39, 0.29) is 0 Å². The van der Waals surface area contributed by atoms with E-state index in [2.05, 4.69) is 41.5 Å². The van der Waals surface area contributed by atoms with Crippen molar-refractivity contribution in [2.75, 3.05) is 0 Å². The zero-order chi connectivity index (χ0) is 13.1. The predicted molar refractivity (Wildman–Crippen MR) is 81.2 cm³/mol. The Kier molecular flexibility index (Phi) is 3.88. The van der Waals surface area contributed by atoms with Crippen LogP contribution < -0.4 is 5.32 Å². The van der Waals surface area contributed by atoms with Crippen molar-refractivity contribution in [1.82, 2.24) is 10.3 Å². The monoisotopic (exact) mass is 256 g/mol. The summed E-state index contributed by atoms with van der Waals surface area (Å²) >= 11 is 0. The van der Waals surface area contributed by atoms with E-state index in [0.717, 1.165) is 12.5 Å². The average Bonchev–Trinajstić information content (AvgIpc) is 2.94. The standard InChI is InChI=1S/C17H24N2/c1-13(14-6-3-2-4-7-14)19-12-15-8-5-9-17-16(15)10-11-18-17/h5,8-11,13-14,18-19H,2-4,6-7,12H2,1H3/t13-/m1/s1.